The van der Waals surface area contributed by atoms with E-state index in [0.717, 1.165) is 64.1 Å². The quantitative estimate of drug-likeness (QED) is 0.470. The third kappa shape index (κ3) is 5.39. The van der Waals surface area contributed by atoms with Crippen LogP contribution in [0.2, 0.25) is 0 Å². The number of carbonyl (C=O) groups is 2. The summed E-state index contributed by atoms with van der Waals surface area (Å²) in [5.74, 6) is -0.345. The molecule has 1 aliphatic carbocycles. The molecular weight excluding hydrogens is 552 g/mol. The molecule has 10 heteroatoms. The van der Waals surface area contributed by atoms with Crippen LogP contribution in [0.25, 0.3) is 28.4 Å². The van der Waals surface area contributed by atoms with E-state index in [1.54, 1.807) is 12.1 Å². The van der Waals surface area contributed by atoms with Crippen molar-refractivity contribution in [3.63, 3.8) is 0 Å². The fourth-order valence-electron chi connectivity index (χ4n) is 6.55. The highest BCUT2D eigenvalue weighted by molar-refractivity contribution is 7.87. The minimum Gasteiger partial charge on any atom is -0.380 e. The van der Waals surface area contributed by atoms with Gasteiger partial charge in [-0.3, -0.25) is 9.59 Å². The molecule has 2 aromatic carbocycles. The van der Waals surface area contributed by atoms with Gasteiger partial charge in [0.15, 0.2) is 0 Å². The molecule has 3 aliphatic rings. The minimum absolute atomic E-state index is 0.00445. The van der Waals surface area contributed by atoms with E-state index in [1.807, 2.05) is 29.3 Å². The second-order valence-corrected chi connectivity index (χ2v) is 13.5. The summed E-state index contributed by atoms with van der Waals surface area (Å²) in [7, 11) is -1.21. The Hall–Kier alpha value is -3.47. The van der Waals surface area contributed by atoms with Gasteiger partial charge in [0.05, 0.1) is 17.8 Å². The molecule has 6 rings (SSSR count). The zero-order valence-electron chi connectivity index (χ0n) is 24.3. The second kappa shape index (κ2) is 11.7. The lowest BCUT2D eigenvalue weighted by Gasteiger charge is -2.23. The number of benzene rings is 2. The zero-order chi connectivity index (χ0) is 29.4. The van der Waals surface area contributed by atoms with Crippen molar-refractivity contribution in [1.29, 1.82) is 0 Å². The van der Waals surface area contributed by atoms with Gasteiger partial charge in [-0.1, -0.05) is 49.6 Å². The predicted octanol–water partition coefficient (Wildman–Crippen LogP) is 4.54. The number of fused-ring (bicyclic) bond motifs is 5. The summed E-state index contributed by atoms with van der Waals surface area (Å²) in [4.78, 5) is 29.0. The Morgan fingerprint density at radius 1 is 0.976 bits per heavy atom. The van der Waals surface area contributed by atoms with Gasteiger partial charge in [-0.25, -0.2) is 4.72 Å². The summed E-state index contributed by atoms with van der Waals surface area (Å²) in [5, 5.41) is 1.03. The van der Waals surface area contributed by atoms with E-state index < -0.39 is 16.1 Å². The normalized spacial score (nSPS) is 18.2. The number of hydrogen-bond acceptors (Lipinski definition) is 5. The molecule has 0 radical (unpaired) electrons. The van der Waals surface area contributed by atoms with Gasteiger partial charge in [-0.2, -0.15) is 12.7 Å². The summed E-state index contributed by atoms with van der Waals surface area (Å²) in [6.07, 6.45) is 8.98. The number of hydrogen-bond donors (Lipinski definition) is 1. The average Bonchev–Trinajstić information content (AvgIpc) is 3.16. The van der Waals surface area contributed by atoms with Crippen LogP contribution in [0.1, 0.15) is 65.9 Å². The average molecular weight is 591 g/mol. The standard InChI is InChI=1S/C32H38N4O5S/c1-34(2)42(39,40)33-31(37)24-13-14-27-28(20-24)36-21-25(32(38)35-15-8-17-41-18-16-35)19-23-11-6-7-12-26(23)30(36)29(27)22-9-4-3-5-10-22/h6-7,11-14,20-22H,3-5,8-10,15-19H2,1-2H3,(H,33,37). The predicted molar refractivity (Wildman–Crippen MR) is 163 cm³/mol. The third-order valence-corrected chi connectivity index (χ3v) is 10.1. The van der Waals surface area contributed by atoms with Crippen molar-refractivity contribution in [3.8, 4) is 11.3 Å². The highest BCUT2D eigenvalue weighted by atomic mass is 32.2. The Balaban J connectivity index is 1.56. The lowest BCUT2D eigenvalue weighted by atomic mass is 9.81. The van der Waals surface area contributed by atoms with E-state index in [9.17, 15) is 18.0 Å². The van der Waals surface area contributed by atoms with Crippen molar-refractivity contribution >= 4 is 39.1 Å². The number of nitrogens with one attached hydrogen (secondary N) is 1. The highest BCUT2D eigenvalue weighted by Crippen LogP contribution is 2.46. The van der Waals surface area contributed by atoms with E-state index in [4.69, 9.17) is 4.74 Å². The Morgan fingerprint density at radius 3 is 2.55 bits per heavy atom. The first-order chi connectivity index (χ1) is 20.2. The van der Waals surface area contributed by atoms with Crippen LogP contribution < -0.4 is 4.72 Å². The van der Waals surface area contributed by atoms with Crippen LogP contribution in [0.3, 0.4) is 0 Å². The number of rotatable bonds is 5. The number of carbonyl (C=O) groups excluding carboxylic acids is 2. The molecule has 0 atom stereocenters. The van der Waals surface area contributed by atoms with Gasteiger partial charge in [0.2, 0.25) is 0 Å². The first-order valence-electron chi connectivity index (χ1n) is 14.8. The second-order valence-electron chi connectivity index (χ2n) is 11.7. The first kappa shape index (κ1) is 28.6. The van der Waals surface area contributed by atoms with Crippen molar-refractivity contribution in [1.82, 2.24) is 18.5 Å². The van der Waals surface area contributed by atoms with Crippen molar-refractivity contribution in [3.05, 3.63) is 64.7 Å². The lowest BCUT2D eigenvalue weighted by Crippen LogP contribution is -2.39. The molecule has 2 aliphatic heterocycles. The van der Waals surface area contributed by atoms with E-state index in [2.05, 4.69) is 21.4 Å². The third-order valence-electron chi connectivity index (χ3n) is 8.74. The maximum Gasteiger partial charge on any atom is 0.303 e. The SMILES string of the molecule is CN(C)S(=O)(=O)NC(=O)c1ccc2c(C3CCCCC3)c3n(c2c1)C=C(C(=O)N1CCCOCC1)Cc1ccccc1-3. The molecule has 2 amide bonds. The summed E-state index contributed by atoms with van der Waals surface area (Å²) in [6.45, 7) is 2.37. The van der Waals surface area contributed by atoms with E-state index in [-0.39, 0.29) is 11.5 Å². The molecule has 1 aromatic heterocycles. The monoisotopic (exact) mass is 590 g/mol. The molecule has 3 aromatic rings. The van der Waals surface area contributed by atoms with Crippen molar-refractivity contribution < 1.29 is 22.7 Å². The molecule has 1 N–H and O–H groups in total. The Labute approximate surface area is 247 Å². The molecule has 0 spiro atoms. The van der Waals surface area contributed by atoms with Crippen LogP contribution >= 0.6 is 0 Å². The molecule has 9 nitrogen and oxygen atoms in total. The van der Waals surface area contributed by atoms with E-state index >= 15 is 0 Å². The van der Waals surface area contributed by atoms with Gasteiger partial charge in [0.25, 0.3) is 11.8 Å². The maximum atomic E-state index is 14.0. The number of ether oxygens (including phenoxy) is 1. The number of amides is 2. The molecule has 1 saturated heterocycles. The van der Waals surface area contributed by atoms with Crippen LogP contribution in [-0.4, -0.2) is 74.4 Å². The largest absolute Gasteiger partial charge is 0.380 e. The molecule has 222 valence electrons. The molecule has 2 fully saturated rings. The van der Waals surface area contributed by atoms with Crippen molar-refractivity contribution in [2.75, 3.05) is 40.4 Å². The smallest absolute Gasteiger partial charge is 0.303 e. The van der Waals surface area contributed by atoms with Gasteiger partial charge < -0.3 is 14.2 Å². The van der Waals surface area contributed by atoms with Crippen LogP contribution in [0.5, 0.6) is 0 Å². The Kier molecular flexibility index (Phi) is 7.95. The summed E-state index contributed by atoms with van der Waals surface area (Å²) >= 11 is 0. The molecule has 42 heavy (non-hydrogen) atoms. The van der Waals surface area contributed by atoms with Gasteiger partial charge in [0.1, 0.15) is 0 Å². The van der Waals surface area contributed by atoms with Crippen LogP contribution in [0.4, 0.5) is 0 Å². The summed E-state index contributed by atoms with van der Waals surface area (Å²) in [5.41, 5.74) is 6.21. The van der Waals surface area contributed by atoms with Crippen molar-refractivity contribution in [2.45, 2.75) is 50.9 Å². The summed E-state index contributed by atoms with van der Waals surface area (Å²) in [6, 6.07) is 13.7. The zero-order valence-corrected chi connectivity index (χ0v) is 25.1. The lowest BCUT2D eigenvalue weighted by molar-refractivity contribution is -0.127. The van der Waals surface area contributed by atoms with Crippen molar-refractivity contribution in [2.24, 2.45) is 0 Å². The fourth-order valence-corrected chi connectivity index (χ4v) is 7.09. The molecular formula is C32H38N4O5S. The first-order valence-corrected chi connectivity index (χ1v) is 16.3. The van der Waals surface area contributed by atoms with Crippen LogP contribution in [0.15, 0.2) is 48.0 Å². The van der Waals surface area contributed by atoms with Gasteiger partial charge in [0, 0.05) is 68.5 Å². The molecule has 1 saturated carbocycles. The summed E-state index contributed by atoms with van der Waals surface area (Å²) < 4.78 is 35.7. The topological polar surface area (TPSA) is 101 Å². The Morgan fingerprint density at radius 2 is 1.76 bits per heavy atom. The molecule has 3 heterocycles. The highest BCUT2D eigenvalue weighted by Gasteiger charge is 2.31. The number of aromatic nitrogens is 1. The fraction of sp³-hybridized carbons (Fsp3) is 0.438. The minimum atomic E-state index is -3.95. The van der Waals surface area contributed by atoms with Crippen LogP contribution in [0, 0.1) is 0 Å². The Bertz CT molecular complexity index is 1660. The molecule has 0 unspecified atom stereocenters. The molecule has 0 bridgehead atoms. The van der Waals surface area contributed by atoms with Gasteiger partial charge in [-0.05, 0) is 48.4 Å². The van der Waals surface area contributed by atoms with E-state index in [0.29, 0.717) is 44.2 Å². The maximum absolute atomic E-state index is 14.0. The van der Waals surface area contributed by atoms with Gasteiger partial charge >= 0.3 is 10.2 Å². The van der Waals surface area contributed by atoms with Crippen LogP contribution in [-0.2, 0) is 26.2 Å². The van der Waals surface area contributed by atoms with Gasteiger partial charge in [-0.15, -0.1) is 0 Å². The number of nitrogens with zero attached hydrogens (tertiary/aromatic N) is 3. The van der Waals surface area contributed by atoms with E-state index in [1.165, 1.54) is 26.1 Å².